The second-order valence-corrected chi connectivity index (χ2v) is 5.52. The maximum atomic E-state index is 11.1. The molecular formula is C14H19N3O4. The Morgan fingerprint density at radius 1 is 1.48 bits per heavy atom. The molecular weight excluding hydrogens is 274 g/mol. The van der Waals surface area contributed by atoms with Crippen molar-refractivity contribution in [3.05, 3.63) is 28.4 Å². The molecule has 0 saturated heterocycles. The molecule has 0 aliphatic heterocycles. The lowest BCUT2D eigenvalue weighted by atomic mass is 10.1. The topological polar surface area (TPSA) is 90.4 Å². The van der Waals surface area contributed by atoms with E-state index in [0.717, 1.165) is 0 Å². The fourth-order valence-corrected chi connectivity index (χ4v) is 2.01. The Balaban J connectivity index is 2.36. The van der Waals surface area contributed by atoms with Crippen LogP contribution in [0.5, 0.6) is 5.75 Å². The van der Waals surface area contributed by atoms with Gasteiger partial charge in [0.05, 0.1) is 22.6 Å². The molecule has 0 amide bonds. The summed E-state index contributed by atoms with van der Waals surface area (Å²) in [6.07, 6.45) is 2.28. The minimum Gasteiger partial charge on any atom is -0.487 e. The van der Waals surface area contributed by atoms with Crippen LogP contribution < -0.4 is 4.74 Å². The first-order chi connectivity index (χ1) is 9.80. The largest absolute Gasteiger partial charge is 0.487 e. The van der Waals surface area contributed by atoms with Crippen molar-refractivity contribution in [1.82, 2.24) is 9.78 Å². The highest BCUT2D eigenvalue weighted by molar-refractivity contribution is 5.83. The minimum atomic E-state index is -0.777. The minimum absolute atomic E-state index is 0.0635. The van der Waals surface area contributed by atoms with E-state index in [-0.39, 0.29) is 11.4 Å². The number of rotatable bonds is 6. The van der Waals surface area contributed by atoms with Crippen LogP contribution in [0.25, 0.3) is 10.9 Å². The van der Waals surface area contributed by atoms with E-state index in [1.807, 2.05) is 0 Å². The number of nitro benzene ring substituents is 1. The Kier molecular flexibility index (Phi) is 4.13. The van der Waals surface area contributed by atoms with Gasteiger partial charge in [-0.2, -0.15) is 5.10 Å². The van der Waals surface area contributed by atoms with Gasteiger partial charge >= 0.3 is 5.69 Å². The third-order valence-electron chi connectivity index (χ3n) is 3.08. The third-order valence-corrected chi connectivity index (χ3v) is 3.08. The van der Waals surface area contributed by atoms with E-state index in [1.54, 1.807) is 37.7 Å². The average molecular weight is 293 g/mol. The summed E-state index contributed by atoms with van der Waals surface area (Å²) in [4.78, 5) is 10.6. The van der Waals surface area contributed by atoms with Crippen molar-refractivity contribution >= 4 is 16.6 Å². The first-order valence-corrected chi connectivity index (χ1v) is 6.81. The zero-order valence-electron chi connectivity index (χ0n) is 12.4. The highest BCUT2D eigenvalue weighted by Crippen LogP contribution is 2.31. The number of benzene rings is 1. The molecule has 1 N–H and O–H groups in total. The number of aromatic nitrogens is 2. The van der Waals surface area contributed by atoms with Crippen LogP contribution in [0.1, 0.15) is 27.2 Å². The van der Waals surface area contributed by atoms with E-state index >= 15 is 0 Å². The van der Waals surface area contributed by atoms with E-state index in [9.17, 15) is 15.2 Å². The van der Waals surface area contributed by atoms with E-state index in [2.05, 4.69) is 5.10 Å². The number of hydrogen-bond donors (Lipinski definition) is 1. The molecule has 7 heteroatoms. The molecule has 2 rings (SSSR count). The van der Waals surface area contributed by atoms with Crippen molar-refractivity contribution in [1.29, 1.82) is 0 Å². The van der Waals surface area contributed by atoms with Gasteiger partial charge in [-0.05, 0) is 27.2 Å². The van der Waals surface area contributed by atoms with Crippen LogP contribution in [0.3, 0.4) is 0 Å². The van der Waals surface area contributed by atoms with E-state index < -0.39 is 10.5 Å². The van der Waals surface area contributed by atoms with Gasteiger partial charge in [0.2, 0.25) is 0 Å². The molecule has 0 spiro atoms. The summed E-state index contributed by atoms with van der Waals surface area (Å²) >= 11 is 0. The van der Waals surface area contributed by atoms with Crippen LogP contribution in [-0.4, -0.2) is 32.0 Å². The van der Waals surface area contributed by atoms with E-state index in [1.165, 1.54) is 6.07 Å². The second-order valence-electron chi connectivity index (χ2n) is 5.52. The highest BCUT2D eigenvalue weighted by Gasteiger charge is 2.18. The molecule has 2 aromatic rings. The Hall–Kier alpha value is -2.15. The molecule has 0 radical (unpaired) electrons. The maximum absolute atomic E-state index is 11.1. The number of hydrogen-bond acceptors (Lipinski definition) is 5. The zero-order chi connectivity index (χ0) is 15.6. The summed E-state index contributed by atoms with van der Waals surface area (Å²) < 4.78 is 6.98. The van der Waals surface area contributed by atoms with E-state index in [0.29, 0.717) is 30.5 Å². The summed E-state index contributed by atoms with van der Waals surface area (Å²) in [6, 6.07) is 3.05. The number of nitro groups is 1. The molecule has 0 aliphatic carbocycles. The number of aryl methyl sites for hydroxylation is 1. The Morgan fingerprint density at radius 2 is 2.19 bits per heavy atom. The lowest BCUT2D eigenvalue weighted by molar-refractivity contribution is -0.385. The van der Waals surface area contributed by atoms with Crippen molar-refractivity contribution in [3.8, 4) is 5.75 Å². The van der Waals surface area contributed by atoms with Crippen LogP contribution in [0, 0.1) is 10.1 Å². The van der Waals surface area contributed by atoms with Crippen LogP contribution in [-0.2, 0) is 6.54 Å². The van der Waals surface area contributed by atoms with Crippen molar-refractivity contribution in [2.75, 3.05) is 6.61 Å². The molecule has 114 valence electrons. The summed E-state index contributed by atoms with van der Waals surface area (Å²) in [7, 11) is 0. The van der Waals surface area contributed by atoms with Crippen LogP contribution in [0.4, 0.5) is 5.69 Å². The van der Waals surface area contributed by atoms with E-state index in [4.69, 9.17) is 4.74 Å². The van der Waals surface area contributed by atoms with Gasteiger partial charge in [-0.1, -0.05) is 0 Å². The van der Waals surface area contributed by atoms with Crippen LogP contribution in [0.2, 0.25) is 0 Å². The molecule has 21 heavy (non-hydrogen) atoms. The van der Waals surface area contributed by atoms with Gasteiger partial charge in [0.25, 0.3) is 0 Å². The first kappa shape index (κ1) is 15.2. The van der Waals surface area contributed by atoms with Gasteiger partial charge in [0, 0.05) is 30.3 Å². The smallest absolute Gasteiger partial charge is 0.311 e. The molecule has 1 aromatic heterocycles. The monoisotopic (exact) mass is 293 g/mol. The molecule has 0 aliphatic rings. The molecule has 1 aromatic carbocycles. The molecule has 0 atom stereocenters. The lowest BCUT2D eigenvalue weighted by Gasteiger charge is -2.16. The van der Waals surface area contributed by atoms with Gasteiger partial charge in [-0.25, -0.2) is 0 Å². The third kappa shape index (κ3) is 3.69. The molecule has 0 unspecified atom stereocenters. The molecule has 0 saturated carbocycles. The number of nitrogens with zero attached hydrogens (tertiary/aromatic N) is 3. The Morgan fingerprint density at radius 3 is 2.76 bits per heavy atom. The fourth-order valence-electron chi connectivity index (χ4n) is 2.01. The quantitative estimate of drug-likeness (QED) is 0.652. The predicted molar refractivity (Wildman–Crippen MR) is 78.5 cm³/mol. The van der Waals surface area contributed by atoms with Gasteiger partial charge in [0.1, 0.15) is 0 Å². The van der Waals surface area contributed by atoms with Crippen molar-refractivity contribution < 1.29 is 14.8 Å². The van der Waals surface area contributed by atoms with Gasteiger partial charge in [-0.15, -0.1) is 0 Å². The molecule has 7 nitrogen and oxygen atoms in total. The zero-order valence-corrected chi connectivity index (χ0v) is 12.4. The van der Waals surface area contributed by atoms with Crippen molar-refractivity contribution in [2.45, 2.75) is 39.3 Å². The molecule has 0 fully saturated rings. The predicted octanol–water partition coefficient (Wildman–Crippen LogP) is 2.50. The van der Waals surface area contributed by atoms with Gasteiger partial charge in [-0.3, -0.25) is 14.8 Å². The first-order valence-electron chi connectivity index (χ1n) is 6.81. The number of fused-ring (bicyclic) bond motifs is 1. The maximum Gasteiger partial charge on any atom is 0.311 e. The summed E-state index contributed by atoms with van der Waals surface area (Å²) in [5.74, 6) is 0.225. The summed E-state index contributed by atoms with van der Waals surface area (Å²) in [5, 5.41) is 25.8. The number of ether oxygens (including phenoxy) is 1. The van der Waals surface area contributed by atoms with Gasteiger partial charge in [0.15, 0.2) is 5.75 Å². The standard InChI is InChI=1S/C14H19N3O4/c1-4-21-13-8-11-10(7-12(13)17(19)20)9-16(15-11)6-5-14(2,3)18/h7-9,18H,4-6H2,1-3H3. The fraction of sp³-hybridized carbons (Fsp3) is 0.500. The molecule has 0 bridgehead atoms. The number of aliphatic hydroxyl groups is 1. The lowest BCUT2D eigenvalue weighted by Crippen LogP contribution is -2.21. The molecule has 1 heterocycles. The highest BCUT2D eigenvalue weighted by atomic mass is 16.6. The average Bonchev–Trinajstić information content (AvgIpc) is 2.76. The second kappa shape index (κ2) is 5.69. The van der Waals surface area contributed by atoms with Gasteiger partial charge < -0.3 is 9.84 Å². The SMILES string of the molecule is CCOc1cc2nn(CCC(C)(C)O)cc2cc1[N+](=O)[O-]. The summed E-state index contributed by atoms with van der Waals surface area (Å²) in [6.45, 7) is 6.13. The summed E-state index contributed by atoms with van der Waals surface area (Å²) in [5.41, 5.74) is -0.202. The van der Waals surface area contributed by atoms with Crippen LogP contribution in [0.15, 0.2) is 18.3 Å². The Bertz CT molecular complexity index is 658. The Labute approximate surface area is 122 Å². The van der Waals surface area contributed by atoms with Crippen molar-refractivity contribution in [3.63, 3.8) is 0 Å². The van der Waals surface area contributed by atoms with Crippen molar-refractivity contribution in [2.24, 2.45) is 0 Å². The normalized spacial score (nSPS) is 11.8. The van der Waals surface area contributed by atoms with Crippen LogP contribution >= 0.6 is 0 Å².